The van der Waals surface area contributed by atoms with E-state index in [1.165, 1.54) is 5.56 Å². The maximum atomic E-state index is 12.2. The standard InChI is InChI=1S/C18H28N2O4S/c1-3-24-16-6-4-15(5-7-16)12-20-9-8-19(10-11-23-2)17-13-25(21,22)14-18(17)20/h4-7,17-18H,3,8-14H2,1-2H3/t17-,18+/m0/s1. The van der Waals surface area contributed by atoms with Gasteiger partial charge in [0, 0.05) is 45.4 Å². The molecule has 140 valence electrons. The van der Waals surface area contributed by atoms with Crippen LogP contribution in [0.4, 0.5) is 0 Å². The zero-order valence-electron chi connectivity index (χ0n) is 15.1. The Balaban J connectivity index is 1.70. The number of rotatable bonds is 7. The molecule has 1 aromatic rings. The van der Waals surface area contributed by atoms with Crippen LogP contribution in [0, 0.1) is 0 Å². The zero-order chi connectivity index (χ0) is 17.9. The fourth-order valence-electron chi connectivity index (χ4n) is 3.87. The number of piperazine rings is 1. The molecule has 2 fully saturated rings. The van der Waals surface area contributed by atoms with Crippen LogP contribution in [-0.4, -0.2) is 81.8 Å². The lowest BCUT2D eigenvalue weighted by Crippen LogP contribution is -2.59. The molecule has 0 unspecified atom stereocenters. The first kappa shape index (κ1) is 18.6. The van der Waals surface area contributed by atoms with Crippen molar-refractivity contribution in [3.8, 4) is 5.75 Å². The number of fused-ring (bicyclic) bond motifs is 1. The van der Waals surface area contributed by atoms with Gasteiger partial charge in [-0.2, -0.15) is 0 Å². The lowest BCUT2D eigenvalue weighted by Gasteiger charge is -2.44. The minimum Gasteiger partial charge on any atom is -0.494 e. The van der Waals surface area contributed by atoms with Gasteiger partial charge in [0.1, 0.15) is 5.75 Å². The monoisotopic (exact) mass is 368 g/mol. The van der Waals surface area contributed by atoms with Crippen LogP contribution in [0.1, 0.15) is 12.5 Å². The average molecular weight is 368 g/mol. The Labute approximate surface area is 150 Å². The molecule has 2 aliphatic rings. The molecule has 0 saturated carbocycles. The predicted molar refractivity (Wildman–Crippen MR) is 97.7 cm³/mol. The SMILES string of the molecule is CCOc1ccc(CN2CCN(CCOC)[C@H]3CS(=O)(=O)C[C@H]32)cc1. The molecule has 0 aliphatic carbocycles. The number of hydrogen-bond acceptors (Lipinski definition) is 6. The highest BCUT2D eigenvalue weighted by molar-refractivity contribution is 7.91. The van der Waals surface area contributed by atoms with E-state index >= 15 is 0 Å². The molecule has 1 aromatic carbocycles. The summed E-state index contributed by atoms with van der Waals surface area (Å²) < 4.78 is 35.1. The number of benzene rings is 1. The van der Waals surface area contributed by atoms with Crippen LogP contribution in [0.5, 0.6) is 5.75 Å². The van der Waals surface area contributed by atoms with Gasteiger partial charge in [-0.3, -0.25) is 9.80 Å². The van der Waals surface area contributed by atoms with Gasteiger partial charge >= 0.3 is 0 Å². The Morgan fingerprint density at radius 2 is 1.72 bits per heavy atom. The quantitative estimate of drug-likeness (QED) is 0.716. The van der Waals surface area contributed by atoms with Crippen LogP contribution < -0.4 is 4.74 Å². The second kappa shape index (κ2) is 8.03. The summed E-state index contributed by atoms with van der Waals surface area (Å²) in [7, 11) is -1.28. The van der Waals surface area contributed by atoms with E-state index in [4.69, 9.17) is 9.47 Å². The van der Waals surface area contributed by atoms with Crippen LogP contribution in [0.15, 0.2) is 24.3 Å². The molecule has 2 atom stereocenters. The Morgan fingerprint density at radius 3 is 2.36 bits per heavy atom. The first-order chi connectivity index (χ1) is 12.0. The highest BCUT2D eigenvalue weighted by atomic mass is 32.2. The molecule has 2 heterocycles. The molecule has 2 saturated heterocycles. The Bertz CT molecular complexity index is 662. The normalized spacial score (nSPS) is 26.5. The molecule has 0 bridgehead atoms. The number of sulfone groups is 1. The van der Waals surface area contributed by atoms with Crippen molar-refractivity contribution in [2.75, 3.05) is 51.5 Å². The van der Waals surface area contributed by atoms with E-state index in [1.54, 1.807) is 7.11 Å². The van der Waals surface area contributed by atoms with Gasteiger partial charge in [-0.15, -0.1) is 0 Å². The summed E-state index contributed by atoms with van der Waals surface area (Å²) in [5.41, 5.74) is 1.19. The van der Waals surface area contributed by atoms with E-state index in [0.717, 1.165) is 31.9 Å². The fraction of sp³-hybridized carbons (Fsp3) is 0.667. The van der Waals surface area contributed by atoms with Crippen molar-refractivity contribution in [1.29, 1.82) is 0 Å². The average Bonchev–Trinajstić information content (AvgIpc) is 2.92. The van der Waals surface area contributed by atoms with Gasteiger partial charge < -0.3 is 9.47 Å². The predicted octanol–water partition coefficient (Wildman–Crippen LogP) is 1.01. The van der Waals surface area contributed by atoms with Gasteiger partial charge in [0.25, 0.3) is 0 Å². The van der Waals surface area contributed by atoms with Crippen LogP contribution in [-0.2, 0) is 21.1 Å². The molecular formula is C18H28N2O4S. The molecule has 0 aromatic heterocycles. The first-order valence-electron chi connectivity index (χ1n) is 8.91. The summed E-state index contributed by atoms with van der Waals surface area (Å²) >= 11 is 0. The molecule has 6 nitrogen and oxygen atoms in total. The molecule has 0 amide bonds. The summed E-state index contributed by atoms with van der Waals surface area (Å²) in [6, 6.07) is 8.26. The Morgan fingerprint density at radius 1 is 1.08 bits per heavy atom. The third kappa shape index (κ3) is 4.53. The van der Waals surface area contributed by atoms with Crippen molar-refractivity contribution >= 4 is 9.84 Å². The van der Waals surface area contributed by atoms with Crippen molar-refractivity contribution in [3.63, 3.8) is 0 Å². The van der Waals surface area contributed by atoms with Gasteiger partial charge in [-0.1, -0.05) is 12.1 Å². The van der Waals surface area contributed by atoms with E-state index in [-0.39, 0.29) is 23.6 Å². The molecule has 0 radical (unpaired) electrons. The third-order valence-corrected chi connectivity index (χ3v) is 6.81. The number of methoxy groups -OCH3 is 1. The molecule has 0 spiro atoms. The Kier molecular flexibility index (Phi) is 5.99. The maximum Gasteiger partial charge on any atom is 0.153 e. The van der Waals surface area contributed by atoms with Crippen LogP contribution in [0.25, 0.3) is 0 Å². The largest absolute Gasteiger partial charge is 0.494 e. The molecular weight excluding hydrogens is 340 g/mol. The van der Waals surface area contributed by atoms with Gasteiger partial charge in [0.05, 0.1) is 24.7 Å². The van der Waals surface area contributed by atoms with Gasteiger partial charge in [-0.05, 0) is 24.6 Å². The first-order valence-corrected chi connectivity index (χ1v) is 10.7. The van der Waals surface area contributed by atoms with Gasteiger partial charge in [0.2, 0.25) is 0 Å². The highest BCUT2D eigenvalue weighted by Gasteiger charge is 2.46. The topological polar surface area (TPSA) is 59.1 Å². The molecule has 25 heavy (non-hydrogen) atoms. The maximum absolute atomic E-state index is 12.2. The van der Waals surface area contributed by atoms with E-state index < -0.39 is 9.84 Å². The van der Waals surface area contributed by atoms with Crippen LogP contribution in [0.3, 0.4) is 0 Å². The molecule has 2 aliphatic heterocycles. The van der Waals surface area contributed by atoms with Gasteiger partial charge in [-0.25, -0.2) is 8.42 Å². The lowest BCUT2D eigenvalue weighted by molar-refractivity contribution is 0.0253. The molecule has 3 rings (SSSR count). The van der Waals surface area contributed by atoms with Crippen molar-refractivity contribution in [3.05, 3.63) is 29.8 Å². The minimum absolute atomic E-state index is 0.0715. The Hall–Kier alpha value is -1.15. The summed E-state index contributed by atoms with van der Waals surface area (Å²) in [5, 5.41) is 0. The van der Waals surface area contributed by atoms with E-state index in [0.29, 0.717) is 13.2 Å². The highest BCUT2D eigenvalue weighted by Crippen LogP contribution is 2.28. The number of hydrogen-bond donors (Lipinski definition) is 0. The third-order valence-electron chi connectivity index (χ3n) is 5.11. The smallest absolute Gasteiger partial charge is 0.153 e. The fourth-order valence-corrected chi connectivity index (χ4v) is 5.91. The summed E-state index contributed by atoms with van der Waals surface area (Å²) in [4.78, 5) is 4.61. The lowest BCUT2D eigenvalue weighted by atomic mass is 10.0. The van der Waals surface area contributed by atoms with Crippen molar-refractivity contribution in [2.24, 2.45) is 0 Å². The molecule has 0 N–H and O–H groups in total. The number of nitrogens with zero attached hydrogens (tertiary/aromatic N) is 2. The number of ether oxygens (including phenoxy) is 2. The van der Waals surface area contributed by atoms with E-state index in [9.17, 15) is 8.42 Å². The van der Waals surface area contributed by atoms with E-state index in [1.807, 2.05) is 19.1 Å². The van der Waals surface area contributed by atoms with Gasteiger partial charge in [0.15, 0.2) is 9.84 Å². The van der Waals surface area contributed by atoms with Crippen LogP contribution in [0.2, 0.25) is 0 Å². The molecule has 7 heteroatoms. The van der Waals surface area contributed by atoms with Crippen LogP contribution >= 0.6 is 0 Å². The van der Waals surface area contributed by atoms with Crippen molar-refractivity contribution < 1.29 is 17.9 Å². The summed E-state index contributed by atoms with van der Waals surface area (Å²) in [5.74, 6) is 1.40. The second-order valence-corrected chi connectivity index (χ2v) is 8.94. The zero-order valence-corrected chi connectivity index (χ0v) is 15.9. The second-order valence-electron chi connectivity index (χ2n) is 6.79. The van der Waals surface area contributed by atoms with Crippen molar-refractivity contribution in [2.45, 2.75) is 25.6 Å². The van der Waals surface area contributed by atoms with Crippen molar-refractivity contribution in [1.82, 2.24) is 9.80 Å². The summed E-state index contributed by atoms with van der Waals surface area (Å²) in [6.07, 6.45) is 0. The van der Waals surface area contributed by atoms with E-state index in [2.05, 4.69) is 21.9 Å². The minimum atomic E-state index is -2.97. The summed E-state index contributed by atoms with van der Waals surface area (Å²) in [6.45, 7) is 6.61.